The van der Waals surface area contributed by atoms with E-state index in [0.717, 1.165) is 35.4 Å². The van der Waals surface area contributed by atoms with E-state index in [1.165, 1.54) is 0 Å². The lowest BCUT2D eigenvalue weighted by atomic mass is 9.80. The molecular formula is C12H13BN2OS. The number of rotatable bonds is 0. The maximum Gasteiger partial charge on any atom is 0.154 e. The number of nitrogens with zero attached hydrogens (tertiary/aromatic N) is 1. The van der Waals surface area contributed by atoms with Gasteiger partial charge in [-0.1, -0.05) is 29.4 Å². The molecule has 0 saturated heterocycles. The molecule has 1 unspecified atom stereocenters. The first-order chi connectivity index (χ1) is 8.20. The molecule has 0 fully saturated rings. The van der Waals surface area contributed by atoms with Gasteiger partial charge in [0.05, 0.1) is 12.1 Å². The van der Waals surface area contributed by atoms with Crippen LogP contribution in [0.1, 0.15) is 18.4 Å². The Labute approximate surface area is 106 Å². The van der Waals surface area contributed by atoms with Gasteiger partial charge in [0, 0.05) is 17.7 Å². The van der Waals surface area contributed by atoms with E-state index in [0.29, 0.717) is 11.8 Å². The molecular weight excluding hydrogens is 231 g/mol. The highest BCUT2D eigenvalue weighted by Gasteiger charge is 2.39. The summed E-state index contributed by atoms with van der Waals surface area (Å²) in [5.74, 6) is 1.90. The van der Waals surface area contributed by atoms with E-state index in [9.17, 15) is 0 Å². The van der Waals surface area contributed by atoms with Crippen molar-refractivity contribution in [3.05, 3.63) is 23.8 Å². The van der Waals surface area contributed by atoms with Crippen LogP contribution in [0.25, 0.3) is 0 Å². The molecule has 2 aliphatic heterocycles. The van der Waals surface area contributed by atoms with Gasteiger partial charge in [-0.15, -0.1) is 0 Å². The molecule has 1 aromatic rings. The van der Waals surface area contributed by atoms with Gasteiger partial charge in [-0.25, -0.2) is 0 Å². The minimum atomic E-state index is -0.210. The minimum absolute atomic E-state index is 0.210. The van der Waals surface area contributed by atoms with Crippen LogP contribution in [0.15, 0.2) is 23.2 Å². The molecule has 0 aromatic heterocycles. The fraction of sp³-hybridized carbons (Fsp3) is 0.417. The third-order valence-corrected chi connectivity index (χ3v) is 4.16. The van der Waals surface area contributed by atoms with Crippen LogP contribution in [0.4, 0.5) is 0 Å². The highest BCUT2D eigenvalue weighted by atomic mass is 32.2. The van der Waals surface area contributed by atoms with Crippen molar-refractivity contribution in [1.29, 1.82) is 0 Å². The number of thioether (sulfide) groups is 1. The van der Waals surface area contributed by atoms with Crippen LogP contribution < -0.4 is 15.9 Å². The zero-order valence-electron chi connectivity index (χ0n) is 9.48. The molecule has 0 bridgehead atoms. The van der Waals surface area contributed by atoms with Crippen LogP contribution in [0.5, 0.6) is 5.75 Å². The van der Waals surface area contributed by atoms with Gasteiger partial charge < -0.3 is 10.5 Å². The van der Waals surface area contributed by atoms with Crippen molar-refractivity contribution >= 4 is 30.2 Å². The molecule has 1 spiro atoms. The second kappa shape index (κ2) is 3.98. The SMILES string of the molecule is [B]c1ccc2c(c1)C1(CCO2)CCSC(N)=N1. The van der Waals surface area contributed by atoms with Gasteiger partial charge in [0.1, 0.15) is 13.6 Å². The monoisotopic (exact) mass is 244 g/mol. The Morgan fingerprint density at radius 1 is 1.41 bits per heavy atom. The Balaban J connectivity index is 2.15. The quantitative estimate of drug-likeness (QED) is 0.690. The molecule has 2 heterocycles. The minimum Gasteiger partial charge on any atom is -0.493 e. The van der Waals surface area contributed by atoms with E-state index >= 15 is 0 Å². The molecule has 3 rings (SSSR count). The highest BCUT2D eigenvalue weighted by Crippen LogP contribution is 2.44. The summed E-state index contributed by atoms with van der Waals surface area (Å²) in [5.41, 5.74) is 7.51. The van der Waals surface area contributed by atoms with Crippen molar-refractivity contribution in [2.45, 2.75) is 18.4 Å². The van der Waals surface area contributed by atoms with Gasteiger partial charge >= 0.3 is 0 Å². The van der Waals surface area contributed by atoms with Gasteiger partial charge in [-0.05, 0) is 12.5 Å². The topological polar surface area (TPSA) is 47.6 Å². The summed E-state index contributed by atoms with van der Waals surface area (Å²) in [4.78, 5) is 4.68. The van der Waals surface area contributed by atoms with Crippen molar-refractivity contribution in [3.8, 4) is 5.75 Å². The second-order valence-corrected chi connectivity index (χ2v) is 5.55. The molecule has 5 heteroatoms. The second-order valence-electron chi connectivity index (χ2n) is 4.43. The van der Waals surface area contributed by atoms with Crippen molar-refractivity contribution in [2.75, 3.05) is 12.4 Å². The molecule has 2 N–H and O–H groups in total. The summed E-state index contributed by atoms with van der Waals surface area (Å²) in [6.07, 6.45) is 1.88. The van der Waals surface area contributed by atoms with Gasteiger partial charge in [0.2, 0.25) is 0 Å². The predicted octanol–water partition coefficient (Wildman–Crippen LogP) is 0.910. The van der Waals surface area contributed by atoms with Crippen LogP contribution in [-0.4, -0.2) is 25.4 Å². The molecule has 0 amide bonds. The normalized spacial score (nSPS) is 27.2. The molecule has 3 nitrogen and oxygen atoms in total. The smallest absolute Gasteiger partial charge is 0.154 e. The molecule has 17 heavy (non-hydrogen) atoms. The summed E-state index contributed by atoms with van der Waals surface area (Å²) >= 11 is 1.62. The lowest BCUT2D eigenvalue weighted by Gasteiger charge is -2.38. The van der Waals surface area contributed by atoms with Crippen molar-refractivity contribution < 1.29 is 4.74 Å². The third kappa shape index (κ3) is 1.82. The Hall–Kier alpha value is -1.10. The molecule has 1 atom stereocenters. The predicted molar refractivity (Wildman–Crippen MR) is 72.3 cm³/mol. The number of aliphatic imine (C=N–C) groups is 1. The first-order valence-corrected chi connectivity index (χ1v) is 6.69. The van der Waals surface area contributed by atoms with E-state index in [4.69, 9.17) is 18.3 Å². The number of nitrogens with two attached hydrogens (primary N) is 1. The molecule has 86 valence electrons. The molecule has 0 saturated carbocycles. The average molecular weight is 244 g/mol. The lowest BCUT2D eigenvalue weighted by Crippen LogP contribution is -2.37. The van der Waals surface area contributed by atoms with E-state index in [2.05, 4.69) is 4.99 Å². The van der Waals surface area contributed by atoms with Crippen molar-refractivity contribution in [1.82, 2.24) is 0 Å². The first kappa shape index (κ1) is 11.0. The Bertz CT molecular complexity index is 491. The van der Waals surface area contributed by atoms with Crippen molar-refractivity contribution in [2.24, 2.45) is 10.7 Å². The third-order valence-electron chi connectivity index (χ3n) is 3.37. The maximum absolute atomic E-state index is 5.88. The molecule has 2 radical (unpaired) electrons. The van der Waals surface area contributed by atoms with Crippen LogP contribution in [0.2, 0.25) is 0 Å². The standard InChI is InChI=1S/C12H13BN2OS/c13-8-1-2-10-9(7-8)12(3-5-16-10)4-6-17-11(14)15-12/h1-2,7H,3-6H2,(H2,14,15). The summed E-state index contributed by atoms with van der Waals surface area (Å²) in [5, 5.41) is 0.673. The highest BCUT2D eigenvalue weighted by molar-refractivity contribution is 8.13. The molecule has 0 aliphatic carbocycles. The van der Waals surface area contributed by atoms with Crippen LogP contribution in [0, 0.1) is 0 Å². The van der Waals surface area contributed by atoms with E-state index < -0.39 is 0 Å². The van der Waals surface area contributed by atoms with Crippen molar-refractivity contribution in [3.63, 3.8) is 0 Å². The van der Waals surface area contributed by atoms with Gasteiger partial charge in [0.25, 0.3) is 0 Å². The number of hydrogen-bond acceptors (Lipinski definition) is 4. The maximum atomic E-state index is 5.88. The van der Waals surface area contributed by atoms with E-state index in [1.54, 1.807) is 11.8 Å². The van der Waals surface area contributed by atoms with Gasteiger partial charge in [-0.3, -0.25) is 4.99 Å². The summed E-state index contributed by atoms with van der Waals surface area (Å²) in [7, 11) is 5.87. The van der Waals surface area contributed by atoms with Crippen LogP contribution in [0.3, 0.4) is 0 Å². The summed E-state index contributed by atoms with van der Waals surface area (Å²) in [6.45, 7) is 0.693. The number of benzene rings is 1. The fourth-order valence-corrected chi connectivity index (χ4v) is 3.39. The summed E-state index contributed by atoms with van der Waals surface area (Å²) in [6, 6.07) is 5.77. The Morgan fingerprint density at radius 3 is 3.12 bits per heavy atom. The Kier molecular flexibility index (Phi) is 2.58. The van der Waals surface area contributed by atoms with Crippen LogP contribution in [-0.2, 0) is 5.54 Å². The van der Waals surface area contributed by atoms with E-state index in [1.807, 2.05) is 18.2 Å². The van der Waals surface area contributed by atoms with Gasteiger partial charge in [-0.2, -0.15) is 0 Å². The number of amidine groups is 1. The summed E-state index contributed by atoms with van der Waals surface area (Å²) < 4.78 is 5.67. The zero-order chi connectivity index (χ0) is 11.9. The number of ether oxygens (including phenoxy) is 1. The zero-order valence-corrected chi connectivity index (χ0v) is 10.3. The van der Waals surface area contributed by atoms with E-state index in [-0.39, 0.29) is 5.54 Å². The molecule has 2 aliphatic rings. The Morgan fingerprint density at radius 2 is 2.29 bits per heavy atom. The average Bonchev–Trinajstić information content (AvgIpc) is 2.30. The lowest BCUT2D eigenvalue weighted by molar-refractivity contribution is 0.214. The first-order valence-electron chi connectivity index (χ1n) is 5.71. The van der Waals surface area contributed by atoms with Crippen LogP contribution >= 0.6 is 11.8 Å². The molecule has 1 aromatic carbocycles. The largest absolute Gasteiger partial charge is 0.493 e. The number of hydrogen-bond donors (Lipinski definition) is 1. The fourth-order valence-electron chi connectivity index (χ4n) is 2.50. The van der Waals surface area contributed by atoms with Gasteiger partial charge in [0.15, 0.2) is 5.17 Å². The number of fused-ring (bicyclic) bond motifs is 2.